The van der Waals surface area contributed by atoms with E-state index in [0.29, 0.717) is 6.04 Å². The number of pyridine rings is 1. The van der Waals surface area contributed by atoms with E-state index in [2.05, 4.69) is 20.5 Å². The van der Waals surface area contributed by atoms with Gasteiger partial charge in [-0.3, -0.25) is 9.89 Å². The minimum atomic E-state index is -0.151. The second kappa shape index (κ2) is 7.25. The molecular weight excluding hydrogens is 314 g/mol. The molecular formula is C19H27N5O. The van der Waals surface area contributed by atoms with Crippen molar-refractivity contribution in [1.82, 2.24) is 20.1 Å². The summed E-state index contributed by atoms with van der Waals surface area (Å²) in [4.78, 5) is 19.3. The lowest BCUT2D eigenvalue weighted by atomic mass is 9.96. The van der Waals surface area contributed by atoms with Crippen molar-refractivity contribution in [2.24, 2.45) is 0 Å². The van der Waals surface area contributed by atoms with Gasteiger partial charge in [0.1, 0.15) is 5.82 Å². The number of piperidine rings is 1. The molecule has 1 aliphatic heterocycles. The Hall–Kier alpha value is -2.37. The van der Waals surface area contributed by atoms with E-state index in [0.717, 1.165) is 54.4 Å². The molecule has 0 aromatic carbocycles. The maximum atomic E-state index is 12.9. The van der Waals surface area contributed by atoms with Gasteiger partial charge in [-0.05, 0) is 52.7 Å². The molecule has 0 spiro atoms. The van der Waals surface area contributed by atoms with E-state index in [1.807, 2.05) is 50.8 Å². The first-order chi connectivity index (χ1) is 12.0. The number of amides is 1. The summed E-state index contributed by atoms with van der Waals surface area (Å²) in [6.07, 6.45) is 1.88. The minimum absolute atomic E-state index is 0.151. The van der Waals surface area contributed by atoms with Crippen LogP contribution in [0.2, 0.25) is 0 Å². The van der Waals surface area contributed by atoms with Crippen molar-refractivity contribution < 1.29 is 4.79 Å². The predicted molar refractivity (Wildman–Crippen MR) is 98.7 cm³/mol. The summed E-state index contributed by atoms with van der Waals surface area (Å²) in [5, 5.41) is 10.7. The SMILES string of the molecule is Cc1cccc(NC2CCN(C(=O)C(C)c3c(C)n[nH]c3C)CC2)n1. The fourth-order valence-corrected chi connectivity index (χ4v) is 3.67. The molecule has 0 radical (unpaired) electrons. The van der Waals surface area contributed by atoms with E-state index in [9.17, 15) is 4.79 Å². The van der Waals surface area contributed by atoms with Crippen LogP contribution in [0.4, 0.5) is 5.82 Å². The first-order valence-electron chi connectivity index (χ1n) is 8.96. The molecule has 1 amide bonds. The highest BCUT2D eigenvalue weighted by Gasteiger charge is 2.29. The molecule has 1 saturated heterocycles. The number of carbonyl (C=O) groups is 1. The van der Waals surface area contributed by atoms with Gasteiger partial charge in [-0.25, -0.2) is 4.98 Å². The topological polar surface area (TPSA) is 73.9 Å². The van der Waals surface area contributed by atoms with Crippen molar-refractivity contribution in [3.63, 3.8) is 0 Å². The quantitative estimate of drug-likeness (QED) is 0.897. The Bertz CT molecular complexity index is 727. The summed E-state index contributed by atoms with van der Waals surface area (Å²) >= 11 is 0. The van der Waals surface area contributed by atoms with Crippen LogP contribution in [0.1, 0.15) is 48.3 Å². The number of H-pyrrole nitrogens is 1. The maximum absolute atomic E-state index is 12.9. The summed E-state index contributed by atoms with van der Waals surface area (Å²) in [6, 6.07) is 6.37. The average molecular weight is 341 g/mol. The van der Waals surface area contributed by atoms with Gasteiger partial charge in [-0.1, -0.05) is 6.07 Å². The largest absolute Gasteiger partial charge is 0.367 e. The predicted octanol–water partition coefficient (Wildman–Crippen LogP) is 2.94. The van der Waals surface area contributed by atoms with Crippen molar-refractivity contribution in [3.8, 4) is 0 Å². The number of aromatic nitrogens is 3. The number of aromatic amines is 1. The van der Waals surface area contributed by atoms with E-state index >= 15 is 0 Å². The van der Waals surface area contributed by atoms with Gasteiger partial charge in [0, 0.05) is 36.1 Å². The van der Waals surface area contributed by atoms with Crippen LogP contribution >= 0.6 is 0 Å². The van der Waals surface area contributed by atoms with Crippen molar-refractivity contribution >= 4 is 11.7 Å². The Morgan fingerprint density at radius 2 is 2.00 bits per heavy atom. The summed E-state index contributed by atoms with van der Waals surface area (Å²) in [5.74, 6) is 0.962. The molecule has 2 aromatic heterocycles. The van der Waals surface area contributed by atoms with Crippen molar-refractivity contribution in [2.45, 2.75) is 52.5 Å². The Kier molecular flexibility index (Phi) is 5.06. The normalized spacial score (nSPS) is 16.7. The van der Waals surface area contributed by atoms with E-state index in [-0.39, 0.29) is 11.8 Å². The van der Waals surface area contributed by atoms with Gasteiger partial charge in [-0.2, -0.15) is 5.10 Å². The summed E-state index contributed by atoms with van der Waals surface area (Å²) in [7, 11) is 0. The molecule has 0 aliphatic carbocycles. The zero-order chi connectivity index (χ0) is 18.0. The van der Waals surface area contributed by atoms with Crippen molar-refractivity contribution in [1.29, 1.82) is 0 Å². The molecule has 2 aromatic rings. The van der Waals surface area contributed by atoms with Gasteiger partial charge in [0.15, 0.2) is 0 Å². The first-order valence-corrected chi connectivity index (χ1v) is 8.96. The number of anilines is 1. The number of nitrogens with one attached hydrogen (secondary N) is 2. The van der Waals surface area contributed by atoms with Gasteiger partial charge < -0.3 is 10.2 Å². The van der Waals surface area contributed by atoms with Gasteiger partial charge >= 0.3 is 0 Å². The molecule has 0 saturated carbocycles. The third-order valence-electron chi connectivity index (χ3n) is 5.04. The number of hydrogen-bond acceptors (Lipinski definition) is 4. The molecule has 134 valence electrons. The number of nitrogens with zero attached hydrogens (tertiary/aromatic N) is 3. The lowest BCUT2D eigenvalue weighted by molar-refractivity contribution is -0.133. The van der Waals surface area contributed by atoms with Crippen LogP contribution in [0, 0.1) is 20.8 Å². The lowest BCUT2D eigenvalue weighted by Crippen LogP contribution is -2.44. The first kappa shape index (κ1) is 17.5. The van der Waals surface area contributed by atoms with Crippen LogP contribution in [0.15, 0.2) is 18.2 Å². The van der Waals surface area contributed by atoms with E-state index in [1.165, 1.54) is 0 Å². The molecule has 1 atom stereocenters. The van der Waals surface area contributed by atoms with Crippen LogP contribution in [0.25, 0.3) is 0 Å². The molecule has 1 unspecified atom stereocenters. The van der Waals surface area contributed by atoms with Gasteiger partial charge in [0.25, 0.3) is 0 Å². The molecule has 1 fully saturated rings. The number of aryl methyl sites for hydroxylation is 3. The molecule has 3 rings (SSSR count). The summed E-state index contributed by atoms with van der Waals surface area (Å²) < 4.78 is 0. The highest BCUT2D eigenvalue weighted by Crippen LogP contribution is 2.25. The molecule has 25 heavy (non-hydrogen) atoms. The fourth-order valence-electron chi connectivity index (χ4n) is 3.67. The highest BCUT2D eigenvalue weighted by atomic mass is 16.2. The maximum Gasteiger partial charge on any atom is 0.229 e. The number of likely N-dealkylation sites (tertiary alicyclic amines) is 1. The van der Waals surface area contributed by atoms with E-state index in [4.69, 9.17) is 0 Å². The minimum Gasteiger partial charge on any atom is -0.367 e. The molecule has 6 nitrogen and oxygen atoms in total. The van der Waals surface area contributed by atoms with E-state index < -0.39 is 0 Å². The number of carbonyl (C=O) groups excluding carboxylic acids is 1. The zero-order valence-corrected chi connectivity index (χ0v) is 15.5. The lowest BCUT2D eigenvalue weighted by Gasteiger charge is -2.34. The fraction of sp³-hybridized carbons (Fsp3) is 0.526. The van der Waals surface area contributed by atoms with Crippen molar-refractivity contribution in [2.75, 3.05) is 18.4 Å². The molecule has 1 aliphatic rings. The number of rotatable bonds is 4. The highest BCUT2D eigenvalue weighted by molar-refractivity contribution is 5.84. The second-order valence-electron chi connectivity index (χ2n) is 6.98. The average Bonchev–Trinajstić information content (AvgIpc) is 2.93. The summed E-state index contributed by atoms with van der Waals surface area (Å²) in [6.45, 7) is 9.46. The molecule has 6 heteroatoms. The van der Waals surface area contributed by atoms with Crippen molar-refractivity contribution in [3.05, 3.63) is 40.8 Å². The standard InChI is InChI=1S/C19H27N5O/c1-12-6-5-7-17(20-12)21-16-8-10-24(11-9-16)19(25)13(2)18-14(3)22-23-15(18)4/h5-7,13,16H,8-11H2,1-4H3,(H,20,21)(H,22,23). The summed E-state index contributed by atoms with van der Waals surface area (Å²) in [5.41, 5.74) is 3.95. The Labute approximate surface area is 149 Å². The third kappa shape index (κ3) is 3.83. The van der Waals surface area contributed by atoms with Crippen LogP contribution in [-0.4, -0.2) is 45.1 Å². The number of hydrogen-bond donors (Lipinski definition) is 2. The molecule has 3 heterocycles. The molecule has 0 bridgehead atoms. The van der Waals surface area contributed by atoms with E-state index in [1.54, 1.807) is 0 Å². The third-order valence-corrected chi connectivity index (χ3v) is 5.04. The Morgan fingerprint density at radius 3 is 2.60 bits per heavy atom. The monoisotopic (exact) mass is 341 g/mol. The van der Waals surface area contributed by atoms with Crippen LogP contribution in [-0.2, 0) is 4.79 Å². The smallest absolute Gasteiger partial charge is 0.229 e. The van der Waals surface area contributed by atoms with Crippen LogP contribution in [0.5, 0.6) is 0 Å². The zero-order valence-electron chi connectivity index (χ0n) is 15.5. The van der Waals surface area contributed by atoms with Gasteiger partial charge in [-0.15, -0.1) is 0 Å². The Balaban J connectivity index is 1.57. The molecule has 2 N–H and O–H groups in total. The van der Waals surface area contributed by atoms with Crippen LogP contribution in [0.3, 0.4) is 0 Å². The van der Waals surface area contributed by atoms with Gasteiger partial charge in [0.2, 0.25) is 5.91 Å². The Morgan fingerprint density at radius 1 is 1.28 bits per heavy atom. The van der Waals surface area contributed by atoms with Crippen LogP contribution < -0.4 is 5.32 Å². The van der Waals surface area contributed by atoms with Gasteiger partial charge in [0.05, 0.1) is 11.6 Å². The second-order valence-corrected chi connectivity index (χ2v) is 6.98.